The quantitative estimate of drug-likeness (QED) is 0.165. The maximum atomic E-state index is 6.39. The van der Waals surface area contributed by atoms with Gasteiger partial charge in [-0.15, -0.1) is 0 Å². The molecule has 52 heavy (non-hydrogen) atoms. The first kappa shape index (κ1) is 30.0. The third-order valence-corrected chi connectivity index (χ3v) is 10.3. The molecule has 10 rings (SSSR count). The Balaban J connectivity index is 1.06. The number of furan rings is 1. The van der Waals surface area contributed by atoms with E-state index in [0.29, 0.717) is 0 Å². The fourth-order valence-corrected chi connectivity index (χ4v) is 7.73. The van der Waals surface area contributed by atoms with E-state index in [9.17, 15) is 0 Å². The molecule has 0 N–H and O–H groups in total. The average molecular weight is 664 g/mol. The Hall–Kier alpha value is -6.90. The number of benzene rings is 9. The zero-order chi connectivity index (χ0) is 34.4. The third-order valence-electron chi connectivity index (χ3n) is 10.3. The predicted molar refractivity (Wildman–Crippen MR) is 220 cm³/mol. The second kappa shape index (κ2) is 12.5. The zero-order valence-electron chi connectivity index (χ0n) is 28.4. The highest BCUT2D eigenvalue weighted by Crippen LogP contribution is 2.41. The van der Waals surface area contributed by atoms with Gasteiger partial charge < -0.3 is 9.32 Å². The van der Waals surface area contributed by atoms with Crippen molar-refractivity contribution >= 4 is 60.5 Å². The zero-order valence-corrected chi connectivity index (χ0v) is 28.4. The van der Waals surface area contributed by atoms with Crippen molar-refractivity contribution in [3.63, 3.8) is 0 Å². The number of anilines is 3. The molecule has 0 spiro atoms. The highest BCUT2D eigenvalue weighted by Gasteiger charge is 2.16. The van der Waals surface area contributed by atoms with Crippen molar-refractivity contribution in [1.29, 1.82) is 0 Å². The van der Waals surface area contributed by atoms with E-state index < -0.39 is 0 Å². The van der Waals surface area contributed by atoms with Gasteiger partial charge in [-0.1, -0.05) is 158 Å². The lowest BCUT2D eigenvalue weighted by atomic mass is 9.94. The minimum Gasteiger partial charge on any atom is -0.455 e. The summed E-state index contributed by atoms with van der Waals surface area (Å²) >= 11 is 0. The molecule has 9 aromatic carbocycles. The first-order chi connectivity index (χ1) is 25.8. The number of fused-ring (bicyclic) bond motifs is 6. The molecule has 0 unspecified atom stereocenters. The Bertz CT molecular complexity index is 2870. The van der Waals surface area contributed by atoms with Crippen LogP contribution in [0.5, 0.6) is 0 Å². The molecule has 1 aromatic heterocycles. The molecule has 0 radical (unpaired) electrons. The highest BCUT2D eigenvalue weighted by molar-refractivity contribution is 6.12. The van der Waals surface area contributed by atoms with Crippen LogP contribution in [0.25, 0.3) is 76.9 Å². The van der Waals surface area contributed by atoms with Gasteiger partial charge in [0.1, 0.15) is 11.2 Å². The van der Waals surface area contributed by atoms with Crippen molar-refractivity contribution in [2.75, 3.05) is 4.90 Å². The van der Waals surface area contributed by atoms with E-state index in [1.54, 1.807) is 0 Å². The van der Waals surface area contributed by atoms with Gasteiger partial charge in [0.05, 0.1) is 0 Å². The lowest BCUT2D eigenvalue weighted by Crippen LogP contribution is -2.09. The summed E-state index contributed by atoms with van der Waals surface area (Å²) in [5.74, 6) is 0. The molecule has 0 saturated heterocycles. The molecule has 2 heteroatoms. The van der Waals surface area contributed by atoms with Gasteiger partial charge in [0.15, 0.2) is 0 Å². The van der Waals surface area contributed by atoms with E-state index in [0.717, 1.165) is 50.1 Å². The minimum absolute atomic E-state index is 0.909. The number of rotatable bonds is 6. The average Bonchev–Trinajstić information content (AvgIpc) is 3.61. The van der Waals surface area contributed by atoms with E-state index in [2.05, 4.69) is 193 Å². The number of hydrogen-bond acceptors (Lipinski definition) is 2. The van der Waals surface area contributed by atoms with Crippen molar-refractivity contribution in [3.8, 4) is 33.4 Å². The molecule has 0 aliphatic rings. The Kier molecular flexibility index (Phi) is 7.18. The van der Waals surface area contributed by atoms with Crippen LogP contribution < -0.4 is 4.90 Å². The monoisotopic (exact) mass is 663 g/mol. The van der Waals surface area contributed by atoms with Crippen LogP contribution in [0.4, 0.5) is 17.1 Å². The van der Waals surface area contributed by atoms with Gasteiger partial charge in [0, 0.05) is 33.4 Å². The summed E-state index contributed by atoms with van der Waals surface area (Å²) in [5.41, 5.74) is 12.1. The highest BCUT2D eigenvalue weighted by atomic mass is 16.3. The van der Waals surface area contributed by atoms with Crippen molar-refractivity contribution < 1.29 is 4.42 Å². The molecule has 0 saturated carbocycles. The van der Waals surface area contributed by atoms with Crippen LogP contribution in [0.3, 0.4) is 0 Å². The van der Waals surface area contributed by atoms with E-state index in [1.807, 2.05) is 12.1 Å². The number of para-hydroxylation sites is 2. The molecule has 0 aliphatic carbocycles. The second-order valence-corrected chi connectivity index (χ2v) is 13.3. The fraction of sp³-hybridized carbons (Fsp3) is 0. The Morgan fingerprint density at radius 2 is 0.808 bits per heavy atom. The van der Waals surface area contributed by atoms with Crippen LogP contribution in [-0.2, 0) is 0 Å². The summed E-state index contributed by atoms with van der Waals surface area (Å²) < 4.78 is 6.39. The molecule has 0 bridgehead atoms. The largest absolute Gasteiger partial charge is 0.455 e. The van der Waals surface area contributed by atoms with Crippen molar-refractivity contribution in [3.05, 3.63) is 200 Å². The molecule has 0 atom stereocenters. The van der Waals surface area contributed by atoms with E-state index in [1.165, 1.54) is 43.8 Å². The van der Waals surface area contributed by atoms with Gasteiger partial charge in [-0.25, -0.2) is 0 Å². The van der Waals surface area contributed by atoms with E-state index in [4.69, 9.17) is 4.42 Å². The molecule has 10 aromatic rings. The summed E-state index contributed by atoms with van der Waals surface area (Å²) in [6.07, 6.45) is 0. The maximum Gasteiger partial charge on any atom is 0.143 e. The van der Waals surface area contributed by atoms with Gasteiger partial charge in [-0.3, -0.25) is 0 Å². The number of nitrogens with zero attached hydrogens (tertiary/aromatic N) is 1. The fourth-order valence-electron chi connectivity index (χ4n) is 7.73. The molecule has 0 fully saturated rings. The van der Waals surface area contributed by atoms with Gasteiger partial charge in [0.2, 0.25) is 0 Å². The Morgan fingerprint density at radius 3 is 1.52 bits per heavy atom. The van der Waals surface area contributed by atoms with Crippen LogP contribution in [0.1, 0.15) is 0 Å². The lowest BCUT2D eigenvalue weighted by Gasteiger charge is -2.26. The molecule has 2 nitrogen and oxygen atoms in total. The third kappa shape index (κ3) is 5.12. The van der Waals surface area contributed by atoms with Gasteiger partial charge in [-0.05, 0) is 91.8 Å². The molecule has 244 valence electrons. The van der Waals surface area contributed by atoms with Crippen molar-refractivity contribution in [2.24, 2.45) is 0 Å². The maximum absolute atomic E-state index is 6.39. The Labute approximate surface area is 302 Å². The summed E-state index contributed by atoms with van der Waals surface area (Å²) in [5, 5.41) is 7.36. The van der Waals surface area contributed by atoms with Crippen LogP contribution in [-0.4, -0.2) is 0 Å². The van der Waals surface area contributed by atoms with Crippen molar-refractivity contribution in [2.45, 2.75) is 0 Å². The standard InChI is InChI=1S/C50H33NO/c1-2-10-34(11-3-1)35-20-27-39(28-21-35)51(41-31-24-38(25-32-41)44-16-9-18-48-47-14-6-7-19-49(47)52-50(44)48)40-29-22-37(23-30-40)43-15-8-17-45-42-13-5-4-12-36(42)26-33-46(43)45/h1-33H. The lowest BCUT2D eigenvalue weighted by molar-refractivity contribution is 0.670. The van der Waals surface area contributed by atoms with E-state index >= 15 is 0 Å². The first-order valence-electron chi connectivity index (χ1n) is 17.8. The molecular formula is C50H33NO. The summed E-state index contributed by atoms with van der Waals surface area (Å²) in [4.78, 5) is 2.33. The summed E-state index contributed by atoms with van der Waals surface area (Å²) in [7, 11) is 0. The minimum atomic E-state index is 0.909. The van der Waals surface area contributed by atoms with Crippen LogP contribution in [0, 0.1) is 0 Å². The predicted octanol–water partition coefficient (Wildman–Crippen LogP) is 14.4. The smallest absolute Gasteiger partial charge is 0.143 e. The summed E-state index contributed by atoms with van der Waals surface area (Å²) in [6, 6.07) is 71.6. The SMILES string of the molecule is c1ccc(-c2ccc(N(c3ccc(-c4cccc5c4ccc4ccccc45)cc3)c3ccc(-c4cccc5c4oc4ccccc45)cc3)cc2)cc1. The normalized spacial score (nSPS) is 11.5. The first-order valence-corrected chi connectivity index (χ1v) is 17.8. The van der Waals surface area contributed by atoms with Crippen LogP contribution in [0.15, 0.2) is 205 Å². The summed E-state index contributed by atoms with van der Waals surface area (Å²) in [6.45, 7) is 0. The van der Waals surface area contributed by atoms with Gasteiger partial charge >= 0.3 is 0 Å². The molecule has 0 amide bonds. The molecule has 1 heterocycles. The molecule has 0 aliphatic heterocycles. The second-order valence-electron chi connectivity index (χ2n) is 13.3. The van der Waals surface area contributed by atoms with Gasteiger partial charge in [0.25, 0.3) is 0 Å². The van der Waals surface area contributed by atoms with E-state index in [-0.39, 0.29) is 0 Å². The van der Waals surface area contributed by atoms with Gasteiger partial charge in [-0.2, -0.15) is 0 Å². The van der Waals surface area contributed by atoms with Crippen molar-refractivity contribution in [1.82, 2.24) is 0 Å². The Morgan fingerprint density at radius 1 is 0.288 bits per heavy atom. The molecular weight excluding hydrogens is 631 g/mol. The van der Waals surface area contributed by atoms with Crippen LogP contribution in [0.2, 0.25) is 0 Å². The van der Waals surface area contributed by atoms with Crippen LogP contribution >= 0.6 is 0 Å². The number of hydrogen-bond donors (Lipinski definition) is 0. The topological polar surface area (TPSA) is 16.4 Å².